The quantitative estimate of drug-likeness (QED) is 0.668. The first-order valence-corrected chi connectivity index (χ1v) is 7.23. The molecular formula is C15H20N2O4. The van der Waals surface area contributed by atoms with Gasteiger partial charge in [-0.2, -0.15) is 0 Å². The molecular weight excluding hydrogens is 272 g/mol. The second-order valence-electron chi connectivity index (χ2n) is 5.48. The molecule has 1 saturated carbocycles. The fraction of sp³-hybridized carbons (Fsp3) is 0.533. The van der Waals surface area contributed by atoms with Crippen LogP contribution in [0.5, 0.6) is 5.75 Å². The van der Waals surface area contributed by atoms with E-state index in [0.717, 1.165) is 19.3 Å². The highest BCUT2D eigenvalue weighted by atomic mass is 16.6. The number of rotatable bonds is 5. The highest BCUT2D eigenvalue weighted by molar-refractivity contribution is 5.77. The SMILES string of the molecule is C[C@H]1CCCC[C@@H]1NC(=O)COc1cccc([N+](=O)[O-])c1. The summed E-state index contributed by atoms with van der Waals surface area (Å²) in [6, 6.07) is 6.05. The highest BCUT2D eigenvalue weighted by Gasteiger charge is 2.22. The van der Waals surface area contributed by atoms with Crippen LogP contribution in [0.4, 0.5) is 5.69 Å². The lowest BCUT2D eigenvalue weighted by Crippen LogP contribution is -2.43. The molecule has 114 valence electrons. The topological polar surface area (TPSA) is 81.5 Å². The number of nitrogens with one attached hydrogen (secondary N) is 1. The van der Waals surface area contributed by atoms with Crippen LogP contribution in [-0.2, 0) is 4.79 Å². The van der Waals surface area contributed by atoms with Gasteiger partial charge in [0, 0.05) is 12.1 Å². The first kappa shape index (κ1) is 15.3. The number of hydrogen-bond donors (Lipinski definition) is 1. The summed E-state index contributed by atoms with van der Waals surface area (Å²) in [4.78, 5) is 22.1. The van der Waals surface area contributed by atoms with Crippen LogP contribution in [0.2, 0.25) is 0 Å². The molecule has 0 radical (unpaired) electrons. The molecule has 0 spiro atoms. The van der Waals surface area contributed by atoms with E-state index in [-0.39, 0.29) is 24.2 Å². The third kappa shape index (κ3) is 4.44. The molecule has 2 atom stereocenters. The Balaban J connectivity index is 1.83. The number of carbonyl (C=O) groups is 1. The summed E-state index contributed by atoms with van der Waals surface area (Å²) in [5, 5.41) is 13.6. The fourth-order valence-corrected chi connectivity index (χ4v) is 2.61. The van der Waals surface area contributed by atoms with E-state index in [1.165, 1.54) is 24.6 Å². The lowest BCUT2D eigenvalue weighted by atomic mass is 9.86. The minimum atomic E-state index is -0.489. The Hall–Kier alpha value is -2.11. The average molecular weight is 292 g/mol. The van der Waals surface area contributed by atoms with Crippen molar-refractivity contribution in [2.24, 2.45) is 5.92 Å². The van der Waals surface area contributed by atoms with Crippen molar-refractivity contribution in [1.82, 2.24) is 5.32 Å². The van der Waals surface area contributed by atoms with Crippen molar-refractivity contribution in [3.05, 3.63) is 34.4 Å². The summed E-state index contributed by atoms with van der Waals surface area (Å²) in [6.45, 7) is 2.02. The molecule has 6 heteroatoms. The molecule has 0 bridgehead atoms. The standard InChI is InChI=1S/C15H20N2O4/c1-11-5-2-3-8-14(11)16-15(18)10-21-13-7-4-6-12(9-13)17(19)20/h4,6-7,9,11,14H,2-3,5,8,10H2,1H3,(H,16,18)/t11-,14-/m0/s1. The molecule has 1 fully saturated rings. The summed E-state index contributed by atoms with van der Waals surface area (Å²) in [5.41, 5.74) is -0.0474. The first-order chi connectivity index (χ1) is 10.1. The Bertz CT molecular complexity index is 518. The van der Waals surface area contributed by atoms with Crippen molar-refractivity contribution < 1.29 is 14.5 Å². The smallest absolute Gasteiger partial charge is 0.273 e. The van der Waals surface area contributed by atoms with Gasteiger partial charge in [0.25, 0.3) is 11.6 Å². The van der Waals surface area contributed by atoms with Gasteiger partial charge in [0.1, 0.15) is 5.75 Å². The van der Waals surface area contributed by atoms with Crippen molar-refractivity contribution in [2.45, 2.75) is 38.6 Å². The maximum absolute atomic E-state index is 11.9. The van der Waals surface area contributed by atoms with Gasteiger partial charge in [-0.25, -0.2) is 0 Å². The number of hydrogen-bond acceptors (Lipinski definition) is 4. The number of nitro benzene ring substituents is 1. The molecule has 0 aliphatic heterocycles. The zero-order chi connectivity index (χ0) is 15.2. The average Bonchev–Trinajstić information content (AvgIpc) is 2.48. The van der Waals surface area contributed by atoms with Gasteiger partial charge in [0.15, 0.2) is 6.61 Å². The summed E-state index contributed by atoms with van der Waals surface area (Å²) in [7, 11) is 0. The van der Waals surface area contributed by atoms with Gasteiger partial charge in [-0.1, -0.05) is 25.8 Å². The number of nitro groups is 1. The fourth-order valence-electron chi connectivity index (χ4n) is 2.61. The maximum atomic E-state index is 11.9. The van der Waals surface area contributed by atoms with Gasteiger partial charge in [-0.15, -0.1) is 0 Å². The van der Waals surface area contributed by atoms with Crippen molar-refractivity contribution in [3.8, 4) is 5.75 Å². The summed E-state index contributed by atoms with van der Waals surface area (Å²) < 4.78 is 5.32. The van der Waals surface area contributed by atoms with E-state index in [1.807, 2.05) is 0 Å². The first-order valence-electron chi connectivity index (χ1n) is 7.23. The van der Waals surface area contributed by atoms with Crippen molar-refractivity contribution in [1.29, 1.82) is 0 Å². The third-order valence-corrected chi connectivity index (χ3v) is 3.86. The number of nitrogens with zero attached hydrogens (tertiary/aromatic N) is 1. The molecule has 1 amide bonds. The van der Waals surface area contributed by atoms with Crippen molar-refractivity contribution in [3.63, 3.8) is 0 Å². The zero-order valence-corrected chi connectivity index (χ0v) is 12.1. The van der Waals surface area contributed by atoms with Gasteiger partial charge < -0.3 is 10.1 Å². The number of amides is 1. The van der Waals surface area contributed by atoms with Crippen LogP contribution in [-0.4, -0.2) is 23.5 Å². The monoisotopic (exact) mass is 292 g/mol. The van der Waals surface area contributed by atoms with E-state index >= 15 is 0 Å². The van der Waals surface area contributed by atoms with Crippen LogP contribution in [0.1, 0.15) is 32.6 Å². The lowest BCUT2D eigenvalue weighted by Gasteiger charge is -2.29. The van der Waals surface area contributed by atoms with Crippen LogP contribution < -0.4 is 10.1 Å². The van der Waals surface area contributed by atoms with Crippen LogP contribution in [0.15, 0.2) is 24.3 Å². The summed E-state index contributed by atoms with van der Waals surface area (Å²) in [6.07, 6.45) is 4.50. The number of benzene rings is 1. The molecule has 1 aliphatic carbocycles. The third-order valence-electron chi connectivity index (χ3n) is 3.86. The number of carbonyl (C=O) groups excluding carboxylic acids is 1. The maximum Gasteiger partial charge on any atom is 0.273 e. The van der Waals surface area contributed by atoms with Gasteiger partial charge in [0.2, 0.25) is 0 Å². The van der Waals surface area contributed by atoms with Gasteiger partial charge in [-0.3, -0.25) is 14.9 Å². The predicted octanol–water partition coefficient (Wildman–Crippen LogP) is 2.67. The van der Waals surface area contributed by atoms with E-state index < -0.39 is 4.92 Å². The van der Waals surface area contributed by atoms with Crippen LogP contribution in [0, 0.1) is 16.0 Å². The summed E-state index contributed by atoms with van der Waals surface area (Å²) >= 11 is 0. The van der Waals surface area contributed by atoms with Gasteiger partial charge in [-0.05, 0) is 24.8 Å². The van der Waals surface area contributed by atoms with E-state index in [0.29, 0.717) is 11.7 Å². The van der Waals surface area contributed by atoms with E-state index in [1.54, 1.807) is 6.07 Å². The van der Waals surface area contributed by atoms with Crippen molar-refractivity contribution in [2.75, 3.05) is 6.61 Å². The molecule has 0 saturated heterocycles. The second kappa shape index (κ2) is 7.06. The molecule has 6 nitrogen and oxygen atoms in total. The summed E-state index contributed by atoms with van der Waals surface area (Å²) in [5.74, 6) is 0.636. The highest BCUT2D eigenvalue weighted by Crippen LogP contribution is 2.23. The molecule has 0 unspecified atom stereocenters. The largest absolute Gasteiger partial charge is 0.484 e. The Morgan fingerprint density at radius 3 is 2.90 bits per heavy atom. The number of ether oxygens (including phenoxy) is 1. The minimum Gasteiger partial charge on any atom is -0.484 e. The molecule has 0 aromatic heterocycles. The van der Waals surface area contributed by atoms with Crippen LogP contribution in [0.25, 0.3) is 0 Å². The molecule has 2 rings (SSSR count). The molecule has 21 heavy (non-hydrogen) atoms. The zero-order valence-electron chi connectivity index (χ0n) is 12.1. The van der Waals surface area contributed by atoms with E-state index in [9.17, 15) is 14.9 Å². The Morgan fingerprint density at radius 1 is 1.43 bits per heavy atom. The predicted molar refractivity (Wildman–Crippen MR) is 78.2 cm³/mol. The molecule has 1 aromatic rings. The Labute approximate surface area is 123 Å². The second-order valence-corrected chi connectivity index (χ2v) is 5.48. The Kier molecular flexibility index (Phi) is 5.14. The van der Waals surface area contributed by atoms with Crippen LogP contribution in [0.3, 0.4) is 0 Å². The normalized spacial score (nSPS) is 21.6. The molecule has 1 aromatic carbocycles. The minimum absolute atomic E-state index is 0.0474. The lowest BCUT2D eigenvalue weighted by molar-refractivity contribution is -0.384. The van der Waals surface area contributed by atoms with Gasteiger partial charge in [0.05, 0.1) is 11.0 Å². The molecule has 0 heterocycles. The van der Waals surface area contributed by atoms with Crippen LogP contribution >= 0.6 is 0 Å². The van der Waals surface area contributed by atoms with Crippen molar-refractivity contribution >= 4 is 11.6 Å². The Morgan fingerprint density at radius 2 is 2.19 bits per heavy atom. The molecule has 1 aliphatic rings. The van der Waals surface area contributed by atoms with E-state index in [4.69, 9.17) is 4.74 Å². The number of non-ortho nitro benzene ring substituents is 1. The molecule has 1 N–H and O–H groups in total. The van der Waals surface area contributed by atoms with Gasteiger partial charge >= 0.3 is 0 Å². The van der Waals surface area contributed by atoms with E-state index in [2.05, 4.69) is 12.2 Å².